The topological polar surface area (TPSA) is 279 Å². The first-order chi connectivity index (χ1) is 67.7. The van der Waals surface area contributed by atoms with Crippen LogP contribution in [0.25, 0.3) is 53.1 Å². The molecule has 4 amide bonds. The lowest BCUT2D eigenvalue weighted by atomic mass is 9.98. The van der Waals surface area contributed by atoms with E-state index >= 15 is 0 Å². The lowest BCUT2D eigenvalue weighted by Crippen LogP contribution is -2.58. The van der Waals surface area contributed by atoms with Crippen molar-refractivity contribution >= 4 is 124 Å². The lowest BCUT2D eigenvalue weighted by Gasteiger charge is -2.41. The third-order valence-electron chi connectivity index (χ3n) is 28.7. The van der Waals surface area contributed by atoms with Crippen LogP contribution in [0.5, 0.6) is 18.0 Å². The highest BCUT2D eigenvalue weighted by Crippen LogP contribution is 2.47. The number of pyridine rings is 1. The van der Waals surface area contributed by atoms with Crippen LogP contribution in [-0.4, -0.2) is 293 Å². The molecule has 38 heteroatoms. The quantitative estimate of drug-likeness (QED) is 0.0342. The van der Waals surface area contributed by atoms with Crippen molar-refractivity contribution in [2.45, 2.75) is 155 Å². The smallest absolute Gasteiger partial charge is 0.418 e. The van der Waals surface area contributed by atoms with Gasteiger partial charge in [-0.05, 0) is 189 Å². The molecule has 9 aliphatic heterocycles. The number of aryl methyl sites for hydroxylation is 3. The minimum Gasteiger partial charge on any atom is -0.462 e. The second kappa shape index (κ2) is 46.7. The van der Waals surface area contributed by atoms with Crippen LogP contribution in [0.15, 0.2) is 140 Å². The van der Waals surface area contributed by atoms with E-state index in [4.69, 9.17) is 63.8 Å². The van der Waals surface area contributed by atoms with Gasteiger partial charge in [-0.3, -0.25) is 29.3 Å². The van der Waals surface area contributed by atoms with Crippen LogP contribution in [0.3, 0.4) is 0 Å². The maximum Gasteiger partial charge on any atom is 0.418 e. The second-order valence-electron chi connectivity index (χ2n) is 37.7. The molecule has 5 aromatic carbocycles. The fourth-order valence-electron chi connectivity index (χ4n) is 21.3. The molecule has 6 fully saturated rings. The van der Waals surface area contributed by atoms with Gasteiger partial charge in [0, 0.05) is 166 Å². The van der Waals surface area contributed by atoms with E-state index in [1.165, 1.54) is 81.5 Å². The summed E-state index contributed by atoms with van der Waals surface area (Å²) >= 11 is 0. The summed E-state index contributed by atoms with van der Waals surface area (Å²) < 4.78 is 76.1. The molecule has 2 N–H and O–H groups in total. The molecule has 0 unspecified atom stereocenters. The number of aromatic nitrogens is 9. The summed E-state index contributed by atoms with van der Waals surface area (Å²) in [4.78, 5) is 120. The minimum atomic E-state index is -4.59. The summed E-state index contributed by atoms with van der Waals surface area (Å²) in [5, 5.41) is 14.7. The summed E-state index contributed by atoms with van der Waals surface area (Å²) in [7, 11) is 6.30. The molecule has 5 aromatic heterocycles. The SMILES string of the molecule is C.S.S.[C-]#[N+]C[C@H]1CN(c2nc(OC[C@@H]3CCCN3C)nc3c2CCN(c2c(C(F)(F)F)c(C)cc4[nH]ncc24)C3)CCN1C(=O)C(=C)F.[C-]#[N+]C[C@H]1CN(c2nc(OC[C@@H]3CCCN3C)nc3c2CCN(c2cccc4cccc(C)c24)C3)CCN1C(=O)/C=C/c1ccncc1.[C-]#[N+]C[C@H]1CN(c2nc(OC[C@@H]3CCCN3C)nc3c2CCN(c2cccc4cccc(C)c24)C3)CCN1C(=O)C(=C)NC(C)=O. The van der Waals surface area contributed by atoms with Gasteiger partial charge in [0.2, 0.25) is 31.4 Å². The number of benzene rings is 5. The van der Waals surface area contributed by atoms with Crippen LogP contribution in [0.1, 0.15) is 114 Å². The number of nitrogens with zero attached hydrogens (tertiary/aromatic N) is 23. The molecule has 6 atom stereocenters. The number of alkyl halides is 3. The number of amides is 4. The Kier molecular flexibility index (Phi) is 34.4. The summed E-state index contributed by atoms with van der Waals surface area (Å²) in [5.41, 5.74) is 11.2. The van der Waals surface area contributed by atoms with E-state index in [0.29, 0.717) is 132 Å². The van der Waals surface area contributed by atoms with Gasteiger partial charge in [0.25, 0.3) is 11.8 Å². The van der Waals surface area contributed by atoms with E-state index < -0.39 is 29.5 Å². The maximum absolute atomic E-state index is 14.5. The number of halogens is 4. The van der Waals surface area contributed by atoms with Gasteiger partial charge in [-0.2, -0.15) is 75.2 Å². The third kappa shape index (κ3) is 23.6. The number of likely N-dealkylation sites (tertiary alicyclic amines) is 3. The molecule has 754 valence electrons. The number of nitrogens with one attached hydrogen (secondary N) is 2. The average Bonchev–Trinajstić information content (AvgIpc) is 1.73. The van der Waals surface area contributed by atoms with Crippen molar-refractivity contribution in [3.63, 3.8) is 0 Å². The number of H-pyrrole nitrogens is 1. The Morgan fingerprint density at radius 3 is 1.33 bits per heavy atom. The molecule has 14 heterocycles. The first kappa shape index (κ1) is 105. The maximum atomic E-state index is 14.5. The predicted molar refractivity (Wildman–Crippen MR) is 559 cm³/mol. The van der Waals surface area contributed by atoms with Crippen LogP contribution in [0.2, 0.25) is 0 Å². The molecular formula is C105H127F4N25O7S2. The summed E-state index contributed by atoms with van der Waals surface area (Å²) in [6.07, 6.45) is 12.1. The fourth-order valence-corrected chi connectivity index (χ4v) is 21.3. The van der Waals surface area contributed by atoms with Crippen LogP contribution in [-0.2, 0) is 64.3 Å². The number of aromatic amines is 1. The molecule has 0 aliphatic carbocycles. The fraction of sp³-hybridized carbons (Fsp3) is 0.457. The molecule has 10 aromatic rings. The third-order valence-corrected chi connectivity index (χ3v) is 28.7. The Hall–Kier alpha value is -13.5. The van der Waals surface area contributed by atoms with Gasteiger partial charge in [-0.1, -0.05) is 81.2 Å². The molecule has 0 bridgehead atoms. The van der Waals surface area contributed by atoms with Crippen LogP contribution >= 0.6 is 27.0 Å². The van der Waals surface area contributed by atoms with Gasteiger partial charge in [0.1, 0.15) is 55.4 Å². The molecule has 0 saturated carbocycles. The van der Waals surface area contributed by atoms with Gasteiger partial charge in [0.15, 0.2) is 5.83 Å². The Morgan fingerprint density at radius 1 is 0.517 bits per heavy atom. The minimum absolute atomic E-state index is 0. The van der Waals surface area contributed by atoms with E-state index in [0.717, 1.165) is 123 Å². The molecular weight excluding hydrogens is 1860 g/mol. The van der Waals surface area contributed by atoms with Crippen LogP contribution < -0.4 is 48.9 Å². The van der Waals surface area contributed by atoms with E-state index in [1.807, 2.05) is 29.0 Å². The van der Waals surface area contributed by atoms with Crippen LogP contribution in [0, 0.1) is 40.5 Å². The normalized spacial score (nSPS) is 19.7. The number of carbonyl (C=O) groups is 4. The predicted octanol–water partition coefficient (Wildman–Crippen LogP) is 13.6. The highest BCUT2D eigenvalue weighted by molar-refractivity contribution is 7.59. The Bertz CT molecular complexity index is 6480. The monoisotopic (exact) mass is 1990 g/mol. The zero-order valence-electron chi connectivity index (χ0n) is 81.4. The number of hydrogen-bond donors (Lipinski definition) is 2. The molecule has 143 heavy (non-hydrogen) atoms. The van der Waals surface area contributed by atoms with E-state index in [1.54, 1.807) is 34.3 Å². The molecule has 6 saturated heterocycles. The molecule has 19 rings (SSSR count). The Labute approximate surface area is 846 Å². The van der Waals surface area contributed by atoms with E-state index in [2.05, 4.69) is 183 Å². The van der Waals surface area contributed by atoms with Gasteiger partial charge in [-0.25, -0.2) is 24.1 Å². The number of rotatable bonds is 23. The van der Waals surface area contributed by atoms with Gasteiger partial charge >= 0.3 is 24.2 Å². The Balaban J connectivity index is 0.000000168. The van der Waals surface area contributed by atoms with Crippen molar-refractivity contribution < 1.29 is 51.0 Å². The summed E-state index contributed by atoms with van der Waals surface area (Å²) in [6.45, 7) is 48.5. The first-order valence-electron chi connectivity index (χ1n) is 48.2. The zero-order chi connectivity index (χ0) is 98.2. The highest BCUT2D eigenvalue weighted by atomic mass is 32.1. The van der Waals surface area contributed by atoms with Crippen LogP contribution in [0.4, 0.5) is 52.1 Å². The van der Waals surface area contributed by atoms with Crippen molar-refractivity contribution in [3.05, 3.63) is 236 Å². The second-order valence-corrected chi connectivity index (χ2v) is 37.7. The molecule has 32 nitrogen and oxygen atoms in total. The molecule has 0 spiro atoms. The number of anilines is 6. The standard InChI is InChI=1S/C38H42N8O2.C35H42N8O3.C31H35F4N9O2.CH4.2H2S/c1-27-7-4-8-29-9-5-11-34(36(27)29)44-20-16-32-33(25-44)41-38(48-26-30-10-6-19-43(30)3)42-37(32)45-21-22-46(31(24-45)23-39-2)35(47)13-12-28-14-17-40-18-15-28;1-23-9-6-10-26-11-7-13-31(32(23)26)41-16-14-29-30(21-41)38-35(46-22-27-12-8-15-40(27)5)39-33(29)42-17-18-43(28(20-42)19-36-4)34(45)24(2)37-25(3)44;1-18-12-24-23(14-37-40-24)27(26(18)31(33,34)35)42-9-7-22-25(16-42)38-30(46-17-20-6-5-8-41(20)4)39-28(22)43-10-11-44(29(45)19(2)32)21(15-43)13-36-3;;;/h4-5,7-9,11-15,17-18,30-31H,6,10,16,19-26H2,1,3H3;6-7,9-11,13,27-28H,2,8,12,14-22H2,1,3,5H3,(H,37,44);12,14,20-21H,2,5-11,13,15-17H2,1,4H3,(H,37,40);1H4;2*1H2/b13-12+;;;;;/t30-,31-;27-,28-;20-,21-;;;/m000.../s1. The van der Waals surface area contributed by atoms with Crippen molar-refractivity contribution in [2.75, 3.05) is 188 Å². The van der Waals surface area contributed by atoms with Gasteiger partial charge < -0.3 is 92.9 Å². The average molecular weight is 1990 g/mol. The zero-order valence-corrected chi connectivity index (χ0v) is 83.4. The van der Waals surface area contributed by atoms with Crippen molar-refractivity contribution in [1.29, 1.82) is 0 Å². The van der Waals surface area contributed by atoms with Crippen molar-refractivity contribution in [1.82, 2.24) is 79.8 Å². The summed E-state index contributed by atoms with van der Waals surface area (Å²) in [6, 6.07) is 31.5. The highest BCUT2D eigenvalue weighted by Gasteiger charge is 2.44. The number of likely N-dealkylation sites (N-methyl/N-ethyl adjacent to an activating group) is 3. The van der Waals surface area contributed by atoms with Crippen molar-refractivity contribution in [3.8, 4) is 18.0 Å². The van der Waals surface area contributed by atoms with Gasteiger partial charge in [0.05, 0.1) is 65.4 Å². The van der Waals surface area contributed by atoms with Crippen molar-refractivity contribution in [2.24, 2.45) is 0 Å². The lowest BCUT2D eigenvalue weighted by molar-refractivity contribution is -0.137. The number of ether oxygens (including phenoxy) is 3. The number of hydrogen-bond acceptors (Lipinski definition) is 24. The van der Waals surface area contributed by atoms with E-state index in [9.17, 15) is 36.7 Å². The number of piperazine rings is 3. The van der Waals surface area contributed by atoms with E-state index in [-0.39, 0.29) is 139 Å². The largest absolute Gasteiger partial charge is 0.462 e. The number of fused-ring (bicyclic) bond motifs is 6. The molecule has 0 radical (unpaired) electrons. The number of carbonyl (C=O) groups excluding carboxylic acids is 4. The van der Waals surface area contributed by atoms with Gasteiger partial charge in [-0.15, -0.1) is 0 Å². The molecule has 9 aliphatic rings. The first-order valence-corrected chi connectivity index (χ1v) is 48.2. The summed E-state index contributed by atoms with van der Waals surface area (Å²) in [5.74, 6) is -0.493. The Morgan fingerprint density at radius 2 is 0.923 bits per heavy atom.